The fourth-order valence-corrected chi connectivity index (χ4v) is 3.77. The number of amides is 1. The van der Waals surface area contributed by atoms with Gasteiger partial charge < -0.3 is 19.7 Å². The first-order chi connectivity index (χ1) is 16.8. The van der Waals surface area contributed by atoms with Gasteiger partial charge in [0.05, 0.1) is 42.1 Å². The lowest BCUT2D eigenvalue weighted by atomic mass is 10.1. The molecule has 0 radical (unpaired) electrons. The summed E-state index contributed by atoms with van der Waals surface area (Å²) in [6.45, 7) is 1.21. The number of hydrogen-bond donors (Lipinski definition) is 1. The Bertz CT molecular complexity index is 1210. The zero-order valence-corrected chi connectivity index (χ0v) is 18.8. The quantitative estimate of drug-likeness (QED) is 0.503. The number of benzene rings is 2. The molecular weight excluding hydrogens is 463 g/mol. The first kappa shape index (κ1) is 24.5. The number of halogens is 3. The Morgan fingerprint density at radius 3 is 2.60 bits per heavy atom. The minimum atomic E-state index is -4.56. The summed E-state index contributed by atoms with van der Waals surface area (Å²) in [4.78, 5) is 30.9. The van der Waals surface area contributed by atoms with E-state index < -0.39 is 30.2 Å². The van der Waals surface area contributed by atoms with Crippen LogP contribution in [-0.4, -0.2) is 49.8 Å². The summed E-state index contributed by atoms with van der Waals surface area (Å²) in [6.07, 6.45) is -4.21. The number of carbonyl (C=O) groups is 2. The van der Waals surface area contributed by atoms with Crippen molar-refractivity contribution in [2.24, 2.45) is 0 Å². The molecule has 4 rings (SSSR count). The predicted molar refractivity (Wildman–Crippen MR) is 124 cm³/mol. The van der Waals surface area contributed by atoms with Crippen LogP contribution in [0.5, 0.6) is 0 Å². The van der Waals surface area contributed by atoms with E-state index in [1.54, 1.807) is 0 Å². The van der Waals surface area contributed by atoms with Gasteiger partial charge in [0.1, 0.15) is 0 Å². The van der Waals surface area contributed by atoms with E-state index in [-0.39, 0.29) is 12.1 Å². The summed E-state index contributed by atoms with van der Waals surface area (Å²) in [7, 11) is 0. The van der Waals surface area contributed by atoms with Gasteiger partial charge >= 0.3 is 12.1 Å². The SMILES string of the molecule is O=C(COC(=O)CCc1ccc2ccccc2n1)Nc1cc(C(F)(F)F)ccc1N1CCOCC1. The summed E-state index contributed by atoms with van der Waals surface area (Å²) in [5.41, 5.74) is 1.09. The van der Waals surface area contributed by atoms with Gasteiger partial charge in [0.25, 0.3) is 5.91 Å². The van der Waals surface area contributed by atoms with E-state index in [2.05, 4.69) is 10.3 Å². The third-order valence-corrected chi connectivity index (χ3v) is 5.56. The number of ether oxygens (including phenoxy) is 2. The Balaban J connectivity index is 1.34. The van der Waals surface area contributed by atoms with E-state index in [1.165, 1.54) is 6.07 Å². The highest BCUT2D eigenvalue weighted by Gasteiger charge is 2.32. The van der Waals surface area contributed by atoms with Crippen LogP contribution in [0.25, 0.3) is 10.9 Å². The summed E-state index contributed by atoms with van der Waals surface area (Å²) in [5, 5.41) is 3.45. The molecule has 0 bridgehead atoms. The number of rotatable bonds is 7. The molecular formula is C25H24F3N3O4. The summed E-state index contributed by atoms with van der Waals surface area (Å²) in [5.74, 6) is -1.33. The number of pyridine rings is 1. The maximum absolute atomic E-state index is 13.2. The molecule has 1 fully saturated rings. The van der Waals surface area contributed by atoms with E-state index in [9.17, 15) is 22.8 Å². The van der Waals surface area contributed by atoms with Crippen LogP contribution in [-0.2, 0) is 31.7 Å². The molecule has 1 aromatic heterocycles. The average molecular weight is 487 g/mol. The summed E-state index contributed by atoms with van der Waals surface area (Å²) in [6, 6.07) is 14.5. The predicted octanol–water partition coefficient (Wildman–Crippen LogP) is 4.20. The van der Waals surface area contributed by atoms with Gasteiger partial charge in [0.2, 0.25) is 0 Å². The first-order valence-electron chi connectivity index (χ1n) is 11.1. The molecule has 2 heterocycles. The highest BCUT2D eigenvalue weighted by Crippen LogP contribution is 2.35. The Kier molecular flexibility index (Phi) is 7.50. The lowest BCUT2D eigenvalue weighted by Gasteiger charge is -2.31. The number of aryl methyl sites for hydroxylation is 1. The molecule has 1 saturated heterocycles. The highest BCUT2D eigenvalue weighted by molar-refractivity contribution is 5.96. The number of morpholine rings is 1. The summed E-state index contributed by atoms with van der Waals surface area (Å²) < 4.78 is 50.0. The van der Waals surface area contributed by atoms with Gasteiger partial charge in [-0.3, -0.25) is 14.6 Å². The molecule has 10 heteroatoms. The Hall–Kier alpha value is -3.66. The fourth-order valence-electron chi connectivity index (χ4n) is 3.77. The number of nitrogens with one attached hydrogen (secondary N) is 1. The van der Waals surface area contributed by atoms with Gasteiger partial charge in [-0.15, -0.1) is 0 Å². The molecule has 7 nitrogen and oxygen atoms in total. The van der Waals surface area contributed by atoms with Crippen LogP contribution in [0.4, 0.5) is 24.5 Å². The molecule has 1 aliphatic rings. The van der Waals surface area contributed by atoms with E-state index in [0.29, 0.717) is 44.1 Å². The normalized spacial score (nSPS) is 14.1. The second-order valence-electron chi connectivity index (χ2n) is 8.03. The standard InChI is InChI=1S/C25H24F3N3O4/c26-25(27,28)18-6-9-22(31-11-13-34-14-12-31)21(15-18)30-23(32)16-35-24(33)10-8-19-7-5-17-3-1-2-4-20(17)29-19/h1-7,9,15H,8,10-14,16H2,(H,30,32). The monoisotopic (exact) mass is 487 g/mol. The number of fused-ring (bicyclic) bond motifs is 1. The van der Waals surface area contributed by atoms with Gasteiger partial charge in [-0.25, -0.2) is 0 Å². The third-order valence-electron chi connectivity index (χ3n) is 5.56. The molecule has 1 aliphatic heterocycles. The summed E-state index contributed by atoms with van der Waals surface area (Å²) >= 11 is 0. The van der Waals surface area contributed by atoms with Crippen LogP contribution < -0.4 is 10.2 Å². The number of aromatic nitrogens is 1. The highest BCUT2D eigenvalue weighted by atomic mass is 19.4. The van der Waals surface area contributed by atoms with Crippen LogP contribution in [0.3, 0.4) is 0 Å². The molecule has 184 valence electrons. The number of nitrogens with zero attached hydrogens (tertiary/aromatic N) is 2. The van der Waals surface area contributed by atoms with Crippen molar-refractivity contribution in [3.63, 3.8) is 0 Å². The molecule has 1 N–H and O–H groups in total. The zero-order chi connectivity index (χ0) is 24.8. The molecule has 0 spiro atoms. The maximum Gasteiger partial charge on any atom is 0.416 e. The number of para-hydroxylation sites is 1. The van der Waals surface area contributed by atoms with Crippen LogP contribution in [0.2, 0.25) is 0 Å². The van der Waals surface area contributed by atoms with Crippen molar-refractivity contribution < 1.29 is 32.2 Å². The van der Waals surface area contributed by atoms with Crippen molar-refractivity contribution in [1.29, 1.82) is 0 Å². The van der Waals surface area contributed by atoms with E-state index in [4.69, 9.17) is 9.47 Å². The van der Waals surface area contributed by atoms with Gasteiger partial charge in [0, 0.05) is 30.6 Å². The Labute approximate surface area is 199 Å². The Morgan fingerprint density at radius 1 is 1.06 bits per heavy atom. The van der Waals surface area contributed by atoms with Crippen LogP contribution in [0.1, 0.15) is 17.7 Å². The fraction of sp³-hybridized carbons (Fsp3) is 0.320. The van der Waals surface area contributed by atoms with Gasteiger partial charge in [0.15, 0.2) is 6.61 Å². The van der Waals surface area contributed by atoms with Crippen molar-refractivity contribution >= 4 is 34.2 Å². The second-order valence-corrected chi connectivity index (χ2v) is 8.03. The first-order valence-corrected chi connectivity index (χ1v) is 11.1. The molecule has 2 aromatic carbocycles. The van der Waals surface area contributed by atoms with Crippen molar-refractivity contribution in [3.8, 4) is 0 Å². The van der Waals surface area contributed by atoms with E-state index in [1.807, 2.05) is 41.3 Å². The topological polar surface area (TPSA) is 80.8 Å². The number of hydrogen-bond acceptors (Lipinski definition) is 6. The minimum Gasteiger partial charge on any atom is -0.456 e. The number of alkyl halides is 3. The number of esters is 1. The van der Waals surface area contributed by atoms with Crippen LogP contribution in [0.15, 0.2) is 54.6 Å². The van der Waals surface area contributed by atoms with Crippen LogP contribution in [0, 0.1) is 0 Å². The number of carbonyl (C=O) groups excluding carboxylic acids is 2. The number of anilines is 2. The van der Waals surface area contributed by atoms with Crippen LogP contribution >= 0.6 is 0 Å². The largest absolute Gasteiger partial charge is 0.456 e. The van der Waals surface area contributed by atoms with E-state index in [0.717, 1.165) is 23.0 Å². The van der Waals surface area contributed by atoms with E-state index >= 15 is 0 Å². The van der Waals surface area contributed by atoms with Crippen molar-refractivity contribution in [2.45, 2.75) is 19.0 Å². The zero-order valence-electron chi connectivity index (χ0n) is 18.8. The molecule has 0 saturated carbocycles. The van der Waals surface area contributed by atoms with Crippen molar-refractivity contribution in [3.05, 3.63) is 65.9 Å². The van der Waals surface area contributed by atoms with Gasteiger partial charge in [-0.2, -0.15) is 13.2 Å². The molecule has 35 heavy (non-hydrogen) atoms. The third kappa shape index (κ3) is 6.48. The molecule has 3 aromatic rings. The lowest BCUT2D eigenvalue weighted by molar-refractivity contribution is -0.147. The van der Waals surface area contributed by atoms with Gasteiger partial charge in [-0.1, -0.05) is 24.3 Å². The van der Waals surface area contributed by atoms with Gasteiger partial charge in [-0.05, 0) is 30.3 Å². The molecule has 1 amide bonds. The Morgan fingerprint density at radius 2 is 1.83 bits per heavy atom. The lowest BCUT2D eigenvalue weighted by Crippen LogP contribution is -2.37. The minimum absolute atomic E-state index is 0.00291. The maximum atomic E-state index is 13.2. The smallest absolute Gasteiger partial charge is 0.416 e. The van der Waals surface area contributed by atoms with Crippen molar-refractivity contribution in [2.75, 3.05) is 43.1 Å². The molecule has 0 unspecified atom stereocenters. The van der Waals surface area contributed by atoms with Crippen molar-refractivity contribution in [1.82, 2.24) is 4.98 Å². The second kappa shape index (κ2) is 10.7. The average Bonchev–Trinajstić information content (AvgIpc) is 2.86. The molecule has 0 aliphatic carbocycles. The molecule has 0 atom stereocenters.